The van der Waals surface area contributed by atoms with Gasteiger partial charge in [0.05, 0.1) is 6.04 Å². The lowest BCUT2D eigenvalue weighted by Crippen LogP contribution is -2.62. The van der Waals surface area contributed by atoms with E-state index in [9.17, 15) is 24.0 Å². The zero-order chi connectivity index (χ0) is 35.8. The molecule has 2 aliphatic rings. The van der Waals surface area contributed by atoms with Crippen LogP contribution in [0.1, 0.15) is 126 Å². The topological polar surface area (TPSA) is 164 Å². The molecule has 1 aliphatic carbocycles. The molecule has 0 aromatic carbocycles. The molecule has 2 heterocycles. The van der Waals surface area contributed by atoms with Crippen molar-refractivity contribution in [3.8, 4) is 0 Å². The summed E-state index contributed by atoms with van der Waals surface area (Å²) in [6, 6.07) is 0.738. The number of rotatable bonds is 12. The second-order valence-corrected chi connectivity index (χ2v) is 13.5. The third-order valence-corrected chi connectivity index (χ3v) is 8.92. The van der Waals surface area contributed by atoms with Gasteiger partial charge in [0, 0.05) is 24.5 Å². The van der Waals surface area contributed by atoms with Gasteiger partial charge in [-0.3, -0.25) is 24.2 Å². The molecule has 4 unspecified atom stereocenters. The number of nitrogens with two attached hydrogens (primary N) is 1. The van der Waals surface area contributed by atoms with Crippen molar-refractivity contribution in [1.82, 2.24) is 25.8 Å². The van der Waals surface area contributed by atoms with Crippen LogP contribution < -0.4 is 21.7 Å². The van der Waals surface area contributed by atoms with Gasteiger partial charge in [0.2, 0.25) is 17.6 Å². The van der Waals surface area contributed by atoms with Crippen LogP contribution in [0.4, 0.5) is 4.79 Å². The summed E-state index contributed by atoms with van der Waals surface area (Å²) in [5.74, 6) is -2.72. The maximum absolute atomic E-state index is 14.0. The number of likely N-dealkylation sites (tertiary alicyclic amines) is 1. The van der Waals surface area contributed by atoms with Crippen molar-refractivity contribution in [2.45, 2.75) is 150 Å². The second-order valence-electron chi connectivity index (χ2n) is 13.5. The van der Waals surface area contributed by atoms with Crippen molar-refractivity contribution >= 4 is 29.5 Å². The van der Waals surface area contributed by atoms with Gasteiger partial charge < -0.3 is 26.6 Å². The van der Waals surface area contributed by atoms with Gasteiger partial charge in [-0.25, -0.2) is 4.79 Å². The normalized spacial score (nSPS) is 18.9. The van der Waals surface area contributed by atoms with Gasteiger partial charge in [-0.05, 0) is 67.6 Å². The summed E-state index contributed by atoms with van der Waals surface area (Å²) in [7, 11) is 0. The van der Waals surface area contributed by atoms with E-state index in [0.717, 1.165) is 44.1 Å². The number of Topliss-reactive ketones (excluding diaryl/α,β-unsaturated/α-hetero) is 1. The first-order valence-electron chi connectivity index (χ1n) is 17.7. The highest BCUT2D eigenvalue weighted by molar-refractivity contribution is 6.37. The smallest absolute Gasteiger partial charge is 0.315 e. The van der Waals surface area contributed by atoms with Crippen molar-refractivity contribution in [3.63, 3.8) is 0 Å². The fourth-order valence-corrected chi connectivity index (χ4v) is 6.23. The van der Waals surface area contributed by atoms with Crippen LogP contribution >= 0.6 is 0 Å². The van der Waals surface area contributed by atoms with Crippen LogP contribution in [0.25, 0.3) is 0 Å². The Hall–Kier alpha value is -3.50. The number of carbonyl (C=O) groups is 5. The molecule has 1 aromatic heterocycles. The van der Waals surface area contributed by atoms with Crippen LogP contribution in [0.3, 0.4) is 0 Å². The summed E-state index contributed by atoms with van der Waals surface area (Å²) in [5, 5.41) is 8.90. The van der Waals surface area contributed by atoms with E-state index in [1.165, 1.54) is 4.90 Å². The molecule has 1 saturated heterocycles. The summed E-state index contributed by atoms with van der Waals surface area (Å²) < 4.78 is 0. The Kier molecular flexibility index (Phi) is 17.7. The minimum Gasteiger partial charge on any atom is -0.363 e. The van der Waals surface area contributed by atoms with Crippen LogP contribution in [0.2, 0.25) is 0 Å². The van der Waals surface area contributed by atoms with Crippen LogP contribution in [0.5, 0.6) is 0 Å². The minimum absolute atomic E-state index is 0.0777. The maximum Gasteiger partial charge on any atom is 0.315 e. The number of carbonyl (C=O) groups excluding carboxylic acids is 5. The molecule has 1 saturated carbocycles. The first-order valence-corrected chi connectivity index (χ1v) is 17.7. The zero-order valence-electron chi connectivity index (χ0n) is 30.4. The molecular weight excluding hydrogens is 596 g/mol. The van der Waals surface area contributed by atoms with Crippen molar-refractivity contribution < 1.29 is 24.0 Å². The Morgan fingerprint density at radius 1 is 0.979 bits per heavy atom. The first-order chi connectivity index (χ1) is 22.3. The Labute approximate surface area is 283 Å². The van der Waals surface area contributed by atoms with Gasteiger partial charge in [-0.15, -0.1) is 0 Å². The van der Waals surface area contributed by atoms with E-state index >= 15 is 0 Å². The third kappa shape index (κ3) is 12.6. The molecule has 1 aliphatic heterocycles. The third-order valence-electron chi connectivity index (χ3n) is 8.92. The lowest BCUT2D eigenvalue weighted by Gasteiger charge is -2.40. The van der Waals surface area contributed by atoms with E-state index in [2.05, 4.69) is 20.9 Å². The summed E-state index contributed by atoms with van der Waals surface area (Å²) in [4.78, 5) is 70.7. The molecule has 5 N–H and O–H groups in total. The average molecular weight is 659 g/mol. The Morgan fingerprint density at radius 3 is 2.11 bits per heavy atom. The number of ketones is 1. The average Bonchev–Trinajstić information content (AvgIpc) is 3.55. The van der Waals surface area contributed by atoms with Gasteiger partial charge in [-0.1, -0.05) is 88.0 Å². The van der Waals surface area contributed by atoms with Crippen LogP contribution in [0.15, 0.2) is 24.5 Å². The van der Waals surface area contributed by atoms with Crippen molar-refractivity contribution in [1.29, 1.82) is 0 Å². The highest BCUT2D eigenvalue weighted by Gasteiger charge is 2.43. The van der Waals surface area contributed by atoms with Crippen molar-refractivity contribution in [3.05, 3.63) is 30.1 Å². The second kappa shape index (κ2) is 20.0. The van der Waals surface area contributed by atoms with E-state index in [1.807, 2.05) is 74.4 Å². The fourth-order valence-electron chi connectivity index (χ4n) is 6.23. The fraction of sp³-hybridized carbons (Fsp3) is 0.722. The lowest BCUT2D eigenvalue weighted by molar-refractivity contribution is -0.143. The molecule has 47 heavy (non-hydrogen) atoms. The molecule has 0 spiro atoms. The van der Waals surface area contributed by atoms with E-state index in [1.54, 1.807) is 12.4 Å². The van der Waals surface area contributed by atoms with Gasteiger partial charge in [0.25, 0.3) is 5.91 Å². The molecule has 1 aromatic rings. The largest absolute Gasteiger partial charge is 0.363 e. The molecular formula is C36H62N6O5. The monoisotopic (exact) mass is 658 g/mol. The number of urea groups is 1. The molecule has 11 heteroatoms. The van der Waals surface area contributed by atoms with Crippen LogP contribution in [-0.4, -0.2) is 69.6 Å². The Morgan fingerprint density at radius 2 is 1.57 bits per heavy atom. The molecule has 266 valence electrons. The van der Waals surface area contributed by atoms with Gasteiger partial charge >= 0.3 is 6.03 Å². The highest BCUT2D eigenvalue weighted by atomic mass is 16.2. The molecule has 3 rings (SSSR count). The zero-order valence-corrected chi connectivity index (χ0v) is 30.4. The minimum atomic E-state index is -1.10. The standard InChI is InChI=1S/C32H50N6O5.2C2H6/c1-6-21(2)19-23(25(39)27(33)40)35-28(41)24-11-10-18-38(24)29(42)26(31(3,4)5)36-30(43)37-32(14-8-7-9-15-32)20-22-12-16-34-17-13-22;2*1-2/h12-13,16-17,21,23-24,26H,6-11,14-15,18-20H2,1-5H3,(H2,33,40)(H,35,41)(H2,36,37,43);2*1-2H3. The molecule has 2 fully saturated rings. The van der Waals surface area contributed by atoms with Crippen molar-refractivity contribution in [2.24, 2.45) is 17.1 Å². The molecule has 0 bridgehead atoms. The molecule has 11 nitrogen and oxygen atoms in total. The van der Waals surface area contributed by atoms with E-state index in [-0.39, 0.29) is 18.2 Å². The number of hydrogen-bond donors (Lipinski definition) is 4. The van der Waals surface area contributed by atoms with Gasteiger partial charge in [0.15, 0.2) is 0 Å². The number of nitrogens with one attached hydrogen (secondary N) is 3. The number of pyridine rings is 1. The predicted molar refractivity (Wildman–Crippen MR) is 186 cm³/mol. The number of aromatic nitrogens is 1. The number of amides is 5. The molecule has 0 radical (unpaired) electrons. The summed E-state index contributed by atoms with van der Waals surface area (Å²) in [6.45, 7) is 17.9. The first kappa shape index (κ1) is 41.5. The Balaban J connectivity index is 0.00000265. The molecule has 5 amide bonds. The summed E-state index contributed by atoms with van der Waals surface area (Å²) >= 11 is 0. The highest BCUT2D eigenvalue weighted by Crippen LogP contribution is 2.32. The van der Waals surface area contributed by atoms with Crippen LogP contribution in [-0.2, 0) is 25.6 Å². The number of primary amides is 1. The van der Waals surface area contributed by atoms with Crippen molar-refractivity contribution in [2.75, 3.05) is 6.54 Å². The summed E-state index contributed by atoms with van der Waals surface area (Å²) in [5.41, 5.74) is 5.27. The lowest BCUT2D eigenvalue weighted by atomic mass is 9.77. The number of nitrogens with zero attached hydrogens (tertiary/aromatic N) is 2. The quantitative estimate of drug-likeness (QED) is 0.229. The van der Waals surface area contributed by atoms with E-state index < -0.39 is 52.7 Å². The Bertz CT molecular complexity index is 1150. The predicted octanol–water partition coefficient (Wildman–Crippen LogP) is 5.06. The van der Waals surface area contributed by atoms with E-state index in [4.69, 9.17) is 5.73 Å². The summed E-state index contributed by atoms with van der Waals surface area (Å²) in [6.07, 6.45) is 11.0. The van der Waals surface area contributed by atoms with Gasteiger partial charge in [-0.2, -0.15) is 0 Å². The van der Waals surface area contributed by atoms with Gasteiger partial charge in [0.1, 0.15) is 12.1 Å². The SMILES string of the molecule is CC.CC.CCC(C)CC(NC(=O)C1CCCN1C(=O)C(NC(=O)NC1(Cc2ccncc2)CCCCC1)C(C)(C)C)C(=O)C(N)=O. The molecule has 4 atom stereocenters. The van der Waals surface area contributed by atoms with E-state index in [0.29, 0.717) is 25.8 Å². The maximum atomic E-state index is 14.0. The van der Waals surface area contributed by atoms with Crippen LogP contribution in [0, 0.1) is 11.3 Å². The number of hydrogen-bond acceptors (Lipinski definition) is 6.